The van der Waals surface area contributed by atoms with Gasteiger partial charge in [0.2, 0.25) is 5.91 Å². The number of nitrogens with one attached hydrogen (secondary N) is 1. The molecule has 2 rings (SSSR count). The summed E-state index contributed by atoms with van der Waals surface area (Å²) in [7, 11) is 0. The number of nitrogens with two attached hydrogens (primary N) is 1. The van der Waals surface area contributed by atoms with Gasteiger partial charge in [0.15, 0.2) is 0 Å². The number of para-hydroxylation sites is 1. The van der Waals surface area contributed by atoms with E-state index in [1.807, 2.05) is 48.5 Å². The monoisotopic (exact) mass is 298 g/mol. The second kappa shape index (κ2) is 8.08. The summed E-state index contributed by atoms with van der Waals surface area (Å²) < 4.78 is 5.51. The highest BCUT2D eigenvalue weighted by molar-refractivity contribution is 5.90. The number of carbonyl (C=O) groups is 1. The van der Waals surface area contributed by atoms with Crippen LogP contribution in [0.3, 0.4) is 0 Å². The van der Waals surface area contributed by atoms with Crippen molar-refractivity contribution in [1.29, 1.82) is 0 Å². The number of hydrogen-bond acceptors (Lipinski definition) is 3. The molecule has 4 nitrogen and oxygen atoms in total. The van der Waals surface area contributed by atoms with Gasteiger partial charge in [-0.1, -0.05) is 25.1 Å². The highest BCUT2D eigenvalue weighted by atomic mass is 16.5. The lowest BCUT2D eigenvalue weighted by molar-refractivity contribution is -0.116. The molecule has 2 aromatic rings. The van der Waals surface area contributed by atoms with E-state index in [1.54, 1.807) is 0 Å². The Morgan fingerprint density at radius 3 is 2.55 bits per heavy atom. The first-order chi connectivity index (χ1) is 10.7. The molecular weight excluding hydrogens is 276 g/mol. The number of benzene rings is 2. The van der Waals surface area contributed by atoms with Crippen LogP contribution in [-0.2, 0) is 11.2 Å². The van der Waals surface area contributed by atoms with E-state index in [9.17, 15) is 4.79 Å². The fourth-order valence-corrected chi connectivity index (χ4v) is 2.09. The zero-order valence-electron chi connectivity index (χ0n) is 12.8. The summed E-state index contributed by atoms with van der Waals surface area (Å²) in [6.45, 7) is 2.76. The smallest absolute Gasteiger partial charge is 0.224 e. The Morgan fingerprint density at radius 1 is 1.14 bits per heavy atom. The van der Waals surface area contributed by atoms with E-state index in [-0.39, 0.29) is 5.91 Å². The van der Waals surface area contributed by atoms with Gasteiger partial charge in [0.1, 0.15) is 5.75 Å². The average Bonchev–Trinajstić information content (AvgIpc) is 2.53. The van der Waals surface area contributed by atoms with Gasteiger partial charge in [0.25, 0.3) is 0 Å². The van der Waals surface area contributed by atoms with Gasteiger partial charge in [-0.25, -0.2) is 0 Å². The molecule has 116 valence electrons. The van der Waals surface area contributed by atoms with Crippen molar-refractivity contribution in [2.75, 3.05) is 17.7 Å². The zero-order chi connectivity index (χ0) is 15.8. The van der Waals surface area contributed by atoms with Crippen molar-refractivity contribution in [3.8, 4) is 5.75 Å². The molecule has 0 unspecified atom stereocenters. The van der Waals surface area contributed by atoms with Crippen LogP contribution in [0.2, 0.25) is 0 Å². The standard InChI is InChI=1S/C18H22N2O2/c1-2-13-22-16-10-8-15(9-11-16)20-18(21)12-7-14-5-3-4-6-17(14)19/h3-6,8-11H,2,7,12-13,19H2,1H3,(H,20,21). The van der Waals surface area contributed by atoms with Crippen molar-refractivity contribution >= 4 is 17.3 Å². The topological polar surface area (TPSA) is 64.3 Å². The quantitative estimate of drug-likeness (QED) is 0.767. The van der Waals surface area contributed by atoms with Crippen molar-refractivity contribution in [2.45, 2.75) is 26.2 Å². The zero-order valence-corrected chi connectivity index (χ0v) is 12.8. The van der Waals surface area contributed by atoms with Gasteiger partial charge in [0.05, 0.1) is 6.61 Å². The van der Waals surface area contributed by atoms with Crippen LogP contribution in [0.1, 0.15) is 25.3 Å². The summed E-state index contributed by atoms with van der Waals surface area (Å²) in [6.07, 6.45) is 2.01. The molecule has 0 fully saturated rings. The van der Waals surface area contributed by atoms with Gasteiger partial charge in [-0.05, 0) is 48.7 Å². The first-order valence-electron chi connectivity index (χ1n) is 7.55. The van der Waals surface area contributed by atoms with E-state index in [2.05, 4.69) is 12.2 Å². The average molecular weight is 298 g/mol. The molecule has 0 saturated carbocycles. The normalized spacial score (nSPS) is 10.2. The molecule has 0 heterocycles. The van der Waals surface area contributed by atoms with Gasteiger partial charge >= 0.3 is 0 Å². The third kappa shape index (κ3) is 4.81. The lowest BCUT2D eigenvalue weighted by Gasteiger charge is -2.08. The fourth-order valence-electron chi connectivity index (χ4n) is 2.09. The Bertz CT molecular complexity index is 609. The van der Waals surface area contributed by atoms with E-state index >= 15 is 0 Å². The maximum absolute atomic E-state index is 12.0. The van der Waals surface area contributed by atoms with Gasteiger partial charge in [-0.15, -0.1) is 0 Å². The number of rotatable bonds is 7. The molecule has 0 radical (unpaired) electrons. The van der Waals surface area contributed by atoms with Gasteiger partial charge in [0, 0.05) is 17.8 Å². The van der Waals surface area contributed by atoms with Crippen LogP contribution in [0.5, 0.6) is 5.75 Å². The van der Waals surface area contributed by atoms with E-state index < -0.39 is 0 Å². The Labute approximate surface area is 131 Å². The number of hydrogen-bond donors (Lipinski definition) is 2. The fraction of sp³-hybridized carbons (Fsp3) is 0.278. The van der Waals surface area contributed by atoms with E-state index in [0.29, 0.717) is 19.4 Å². The molecule has 3 N–H and O–H groups in total. The van der Waals surface area contributed by atoms with E-state index in [1.165, 1.54) is 0 Å². The van der Waals surface area contributed by atoms with Gasteiger partial charge in [-0.3, -0.25) is 4.79 Å². The van der Waals surface area contributed by atoms with Crippen molar-refractivity contribution in [2.24, 2.45) is 0 Å². The molecule has 0 aliphatic carbocycles. The number of ether oxygens (including phenoxy) is 1. The third-order valence-corrected chi connectivity index (χ3v) is 3.29. The van der Waals surface area contributed by atoms with Crippen molar-refractivity contribution < 1.29 is 9.53 Å². The van der Waals surface area contributed by atoms with Crippen LogP contribution < -0.4 is 15.8 Å². The first kappa shape index (κ1) is 15.9. The number of amides is 1. The highest BCUT2D eigenvalue weighted by Gasteiger charge is 2.05. The minimum absolute atomic E-state index is 0.0227. The predicted molar refractivity (Wildman–Crippen MR) is 90.0 cm³/mol. The molecule has 0 saturated heterocycles. The summed E-state index contributed by atoms with van der Waals surface area (Å²) in [5.74, 6) is 0.794. The summed E-state index contributed by atoms with van der Waals surface area (Å²) in [4.78, 5) is 12.0. The van der Waals surface area contributed by atoms with Crippen molar-refractivity contribution in [3.05, 3.63) is 54.1 Å². The second-order valence-corrected chi connectivity index (χ2v) is 5.12. The SMILES string of the molecule is CCCOc1ccc(NC(=O)CCc2ccccc2N)cc1. The Morgan fingerprint density at radius 2 is 1.86 bits per heavy atom. The Hall–Kier alpha value is -2.49. The van der Waals surface area contributed by atoms with Crippen LogP contribution in [0, 0.1) is 0 Å². The van der Waals surface area contributed by atoms with Crippen LogP contribution in [0.4, 0.5) is 11.4 Å². The minimum atomic E-state index is -0.0227. The highest BCUT2D eigenvalue weighted by Crippen LogP contribution is 2.17. The van der Waals surface area contributed by atoms with Crippen molar-refractivity contribution in [1.82, 2.24) is 0 Å². The summed E-state index contributed by atoms with van der Waals surface area (Å²) in [5.41, 5.74) is 8.37. The summed E-state index contributed by atoms with van der Waals surface area (Å²) in [6, 6.07) is 15.0. The molecular formula is C18H22N2O2. The maximum atomic E-state index is 12.0. The molecule has 22 heavy (non-hydrogen) atoms. The molecule has 0 bridgehead atoms. The Balaban J connectivity index is 1.83. The van der Waals surface area contributed by atoms with Crippen molar-refractivity contribution in [3.63, 3.8) is 0 Å². The molecule has 2 aromatic carbocycles. The molecule has 0 aromatic heterocycles. The summed E-state index contributed by atoms with van der Waals surface area (Å²) >= 11 is 0. The lowest BCUT2D eigenvalue weighted by Crippen LogP contribution is -2.12. The molecule has 1 amide bonds. The number of nitrogen functional groups attached to an aromatic ring is 1. The first-order valence-corrected chi connectivity index (χ1v) is 7.55. The third-order valence-electron chi connectivity index (χ3n) is 3.29. The van der Waals surface area contributed by atoms with Crippen LogP contribution in [0.15, 0.2) is 48.5 Å². The van der Waals surface area contributed by atoms with E-state index in [0.717, 1.165) is 29.1 Å². The van der Waals surface area contributed by atoms with Crippen LogP contribution in [-0.4, -0.2) is 12.5 Å². The van der Waals surface area contributed by atoms with Gasteiger partial charge in [-0.2, -0.15) is 0 Å². The minimum Gasteiger partial charge on any atom is -0.494 e. The maximum Gasteiger partial charge on any atom is 0.224 e. The second-order valence-electron chi connectivity index (χ2n) is 5.12. The summed E-state index contributed by atoms with van der Waals surface area (Å²) in [5, 5.41) is 2.88. The predicted octanol–water partition coefficient (Wildman–Crippen LogP) is 3.63. The largest absolute Gasteiger partial charge is 0.494 e. The van der Waals surface area contributed by atoms with Crippen LogP contribution >= 0.6 is 0 Å². The molecule has 0 spiro atoms. The molecule has 0 aliphatic rings. The lowest BCUT2D eigenvalue weighted by atomic mass is 10.1. The van der Waals surface area contributed by atoms with E-state index in [4.69, 9.17) is 10.5 Å². The molecule has 0 atom stereocenters. The van der Waals surface area contributed by atoms with Gasteiger partial charge < -0.3 is 15.8 Å². The number of carbonyl (C=O) groups excluding carboxylic acids is 1. The van der Waals surface area contributed by atoms with Crippen LogP contribution in [0.25, 0.3) is 0 Å². The number of aryl methyl sites for hydroxylation is 1. The Kier molecular flexibility index (Phi) is 5.83. The molecule has 0 aliphatic heterocycles. The molecule has 4 heteroatoms. The number of anilines is 2.